The molecule has 0 spiro atoms. The molecule has 1 heterocycles. The molecule has 0 unspecified atom stereocenters. The summed E-state index contributed by atoms with van der Waals surface area (Å²) in [6, 6.07) is 2.35. The summed E-state index contributed by atoms with van der Waals surface area (Å²) in [5.41, 5.74) is -0.217. The van der Waals surface area contributed by atoms with E-state index in [0.29, 0.717) is 10.9 Å². The zero-order chi connectivity index (χ0) is 10.6. The van der Waals surface area contributed by atoms with E-state index in [1.54, 1.807) is 12.2 Å². The van der Waals surface area contributed by atoms with Gasteiger partial charge in [0.2, 0.25) is 0 Å². The van der Waals surface area contributed by atoms with Gasteiger partial charge in [0.15, 0.2) is 0 Å². The lowest BCUT2D eigenvalue weighted by Crippen LogP contribution is -2.07. The van der Waals surface area contributed by atoms with Gasteiger partial charge in [-0.15, -0.1) is 0 Å². The fraction of sp³-hybridized carbons (Fsp3) is 0.222. The van der Waals surface area contributed by atoms with Gasteiger partial charge in [-0.2, -0.15) is 13.2 Å². The minimum Gasteiger partial charge on any atom is -0.251 e. The SMILES string of the molecule is FC(F)(F)c1ccc(/C=C/CBr)cn1. The predicted molar refractivity (Wildman–Crippen MR) is 52.1 cm³/mol. The Morgan fingerprint density at radius 2 is 2.07 bits per heavy atom. The number of allylic oxidation sites excluding steroid dienone is 1. The minimum atomic E-state index is -4.36. The van der Waals surface area contributed by atoms with Crippen LogP contribution in [0, 0.1) is 0 Å². The molecule has 0 atom stereocenters. The molecule has 0 bridgehead atoms. The minimum absolute atomic E-state index is 0.650. The van der Waals surface area contributed by atoms with Gasteiger partial charge >= 0.3 is 6.18 Å². The number of hydrogen-bond donors (Lipinski definition) is 0. The summed E-state index contributed by atoms with van der Waals surface area (Å²) in [7, 11) is 0. The van der Waals surface area contributed by atoms with Gasteiger partial charge in [0.1, 0.15) is 5.69 Å². The topological polar surface area (TPSA) is 12.9 Å². The first-order valence-electron chi connectivity index (χ1n) is 3.80. The van der Waals surface area contributed by atoms with Crippen molar-refractivity contribution in [3.63, 3.8) is 0 Å². The Kier molecular flexibility index (Phi) is 3.69. The van der Waals surface area contributed by atoms with E-state index in [4.69, 9.17) is 0 Å². The van der Waals surface area contributed by atoms with Crippen molar-refractivity contribution in [3.05, 3.63) is 35.7 Å². The van der Waals surface area contributed by atoms with Crippen LogP contribution in [0.5, 0.6) is 0 Å². The Balaban J connectivity index is 2.84. The van der Waals surface area contributed by atoms with E-state index in [1.807, 2.05) is 0 Å². The fourth-order valence-electron chi connectivity index (χ4n) is 0.852. The van der Waals surface area contributed by atoms with Gasteiger partial charge in [-0.05, 0) is 11.6 Å². The molecule has 0 aliphatic rings. The van der Waals surface area contributed by atoms with Crippen LogP contribution < -0.4 is 0 Å². The Labute approximate surface area is 87.8 Å². The van der Waals surface area contributed by atoms with Gasteiger partial charge in [-0.25, -0.2) is 0 Å². The molecule has 76 valence electrons. The maximum atomic E-state index is 12.1. The van der Waals surface area contributed by atoms with Crippen molar-refractivity contribution >= 4 is 22.0 Å². The molecule has 0 aliphatic heterocycles. The van der Waals surface area contributed by atoms with Crippen molar-refractivity contribution in [2.45, 2.75) is 6.18 Å². The highest BCUT2D eigenvalue weighted by atomic mass is 79.9. The first kappa shape index (κ1) is 11.2. The highest BCUT2D eigenvalue weighted by molar-refractivity contribution is 9.09. The Bertz CT molecular complexity index is 316. The van der Waals surface area contributed by atoms with Crippen LogP contribution in [0.15, 0.2) is 24.4 Å². The lowest BCUT2D eigenvalue weighted by atomic mass is 10.2. The number of halogens is 4. The van der Waals surface area contributed by atoms with Crippen LogP contribution in [-0.2, 0) is 6.18 Å². The van der Waals surface area contributed by atoms with Crippen LogP contribution in [0.2, 0.25) is 0 Å². The number of alkyl halides is 4. The van der Waals surface area contributed by atoms with Gasteiger partial charge in [0.05, 0.1) is 0 Å². The lowest BCUT2D eigenvalue weighted by Gasteiger charge is -2.04. The molecule has 1 rings (SSSR count). The van der Waals surface area contributed by atoms with E-state index in [9.17, 15) is 13.2 Å². The third kappa shape index (κ3) is 3.14. The second-order valence-electron chi connectivity index (χ2n) is 2.53. The first-order valence-corrected chi connectivity index (χ1v) is 4.92. The molecule has 0 N–H and O–H groups in total. The molecule has 5 heteroatoms. The molecule has 0 radical (unpaired) electrons. The van der Waals surface area contributed by atoms with Gasteiger partial charge in [0.25, 0.3) is 0 Å². The lowest BCUT2D eigenvalue weighted by molar-refractivity contribution is -0.141. The Morgan fingerprint density at radius 1 is 1.36 bits per heavy atom. The van der Waals surface area contributed by atoms with Gasteiger partial charge in [0, 0.05) is 11.5 Å². The zero-order valence-corrected chi connectivity index (χ0v) is 8.64. The summed E-state index contributed by atoms with van der Waals surface area (Å²) in [6.45, 7) is 0. The van der Waals surface area contributed by atoms with Gasteiger partial charge in [-0.1, -0.05) is 34.1 Å². The van der Waals surface area contributed by atoms with E-state index in [-0.39, 0.29) is 0 Å². The smallest absolute Gasteiger partial charge is 0.251 e. The van der Waals surface area contributed by atoms with Crippen molar-refractivity contribution in [1.29, 1.82) is 0 Å². The number of rotatable bonds is 2. The maximum Gasteiger partial charge on any atom is 0.433 e. The number of pyridine rings is 1. The average molecular weight is 266 g/mol. The van der Waals surface area contributed by atoms with E-state index in [1.165, 1.54) is 12.3 Å². The average Bonchev–Trinajstić information content (AvgIpc) is 2.14. The van der Waals surface area contributed by atoms with E-state index in [2.05, 4.69) is 20.9 Å². The van der Waals surface area contributed by atoms with E-state index < -0.39 is 11.9 Å². The molecular formula is C9H7BrF3N. The molecular weight excluding hydrogens is 259 g/mol. The summed E-state index contributed by atoms with van der Waals surface area (Å²) < 4.78 is 36.3. The quantitative estimate of drug-likeness (QED) is 0.746. The van der Waals surface area contributed by atoms with Gasteiger partial charge in [-0.3, -0.25) is 4.98 Å². The molecule has 14 heavy (non-hydrogen) atoms. The largest absolute Gasteiger partial charge is 0.433 e. The van der Waals surface area contributed by atoms with Crippen LogP contribution in [-0.4, -0.2) is 10.3 Å². The summed E-state index contributed by atoms with van der Waals surface area (Å²) in [6.07, 6.45) is 0.311. The second kappa shape index (κ2) is 4.59. The number of aromatic nitrogens is 1. The predicted octanol–water partition coefficient (Wildman–Crippen LogP) is 3.51. The zero-order valence-electron chi connectivity index (χ0n) is 7.05. The van der Waals surface area contributed by atoms with Crippen LogP contribution >= 0.6 is 15.9 Å². The summed E-state index contributed by atoms with van der Waals surface area (Å²) in [5.74, 6) is 0. The third-order valence-corrected chi connectivity index (χ3v) is 1.85. The number of nitrogens with zero attached hydrogens (tertiary/aromatic N) is 1. The van der Waals surface area contributed by atoms with E-state index in [0.717, 1.165) is 6.07 Å². The third-order valence-electron chi connectivity index (χ3n) is 1.48. The molecule has 1 aromatic rings. The van der Waals surface area contributed by atoms with Crippen LogP contribution in [0.3, 0.4) is 0 Å². The van der Waals surface area contributed by atoms with Crippen molar-refractivity contribution in [2.24, 2.45) is 0 Å². The normalized spacial score (nSPS) is 12.3. The molecule has 0 saturated carbocycles. The van der Waals surface area contributed by atoms with E-state index >= 15 is 0 Å². The van der Waals surface area contributed by atoms with Crippen molar-refractivity contribution in [2.75, 3.05) is 5.33 Å². The fourth-order valence-corrected chi connectivity index (χ4v) is 1.04. The monoisotopic (exact) mass is 265 g/mol. The first-order chi connectivity index (χ1) is 6.54. The van der Waals surface area contributed by atoms with Crippen LogP contribution in [0.4, 0.5) is 13.2 Å². The molecule has 0 amide bonds. The molecule has 1 aromatic heterocycles. The standard InChI is InChI=1S/C9H7BrF3N/c10-5-1-2-7-3-4-8(14-6-7)9(11,12)13/h1-4,6H,5H2/b2-1+. The van der Waals surface area contributed by atoms with Crippen LogP contribution in [0.1, 0.15) is 11.3 Å². The summed E-state index contributed by atoms with van der Waals surface area (Å²) in [4.78, 5) is 3.31. The van der Waals surface area contributed by atoms with Gasteiger partial charge < -0.3 is 0 Å². The van der Waals surface area contributed by atoms with Crippen molar-refractivity contribution in [3.8, 4) is 0 Å². The molecule has 1 nitrogen and oxygen atoms in total. The summed E-state index contributed by atoms with van der Waals surface area (Å²) in [5, 5.41) is 0.661. The van der Waals surface area contributed by atoms with Crippen LogP contribution in [0.25, 0.3) is 6.08 Å². The molecule has 0 aromatic carbocycles. The van der Waals surface area contributed by atoms with Crippen molar-refractivity contribution in [1.82, 2.24) is 4.98 Å². The molecule has 0 saturated heterocycles. The molecule has 0 fully saturated rings. The van der Waals surface area contributed by atoms with Crippen molar-refractivity contribution < 1.29 is 13.2 Å². The molecule has 0 aliphatic carbocycles. The Hall–Kier alpha value is -0.840. The summed E-state index contributed by atoms with van der Waals surface area (Å²) >= 11 is 3.17. The maximum absolute atomic E-state index is 12.1. The second-order valence-corrected chi connectivity index (χ2v) is 3.18. The number of hydrogen-bond acceptors (Lipinski definition) is 1. The highest BCUT2D eigenvalue weighted by Crippen LogP contribution is 2.27. The Morgan fingerprint density at radius 3 is 2.50 bits per heavy atom. The highest BCUT2D eigenvalue weighted by Gasteiger charge is 2.31.